The molecule has 240 valence electrons. The molecule has 1 atom stereocenters. The first kappa shape index (κ1) is 30.8. The summed E-state index contributed by atoms with van der Waals surface area (Å²) in [4.78, 5) is 57.8. The van der Waals surface area contributed by atoms with E-state index in [1.54, 1.807) is 9.80 Å². The van der Waals surface area contributed by atoms with E-state index in [1.807, 2.05) is 32.9 Å². The Morgan fingerprint density at radius 2 is 1.52 bits per heavy atom. The molecule has 0 bridgehead atoms. The van der Waals surface area contributed by atoms with Gasteiger partial charge in [0.25, 0.3) is 5.91 Å². The molecule has 0 aromatic heterocycles. The second-order valence-electron chi connectivity index (χ2n) is 14.0. The summed E-state index contributed by atoms with van der Waals surface area (Å²) >= 11 is 0. The second-order valence-corrected chi connectivity index (χ2v) is 14.0. The fraction of sp³-hybridized carbons (Fsp3) is 0.697. The topological polar surface area (TPSA) is 112 Å². The lowest BCUT2D eigenvalue weighted by molar-refractivity contribution is -0.136. The van der Waals surface area contributed by atoms with E-state index in [4.69, 9.17) is 9.47 Å². The van der Waals surface area contributed by atoms with Crippen molar-refractivity contribution in [3.05, 3.63) is 29.3 Å². The number of benzene rings is 1. The summed E-state index contributed by atoms with van der Waals surface area (Å²) in [6.45, 7) is 11.5. The number of carbonyl (C=O) groups excluding carboxylic acids is 4. The maximum atomic E-state index is 13.1. The van der Waals surface area contributed by atoms with Crippen LogP contribution in [0.2, 0.25) is 0 Å². The van der Waals surface area contributed by atoms with Crippen LogP contribution in [0.15, 0.2) is 18.2 Å². The Morgan fingerprint density at radius 3 is 2.16 bits per heavy atom. The van der Waals surface area contributed by atoms with Gasteiger partial charge in [0.05, 0.1) is 12.2 Å². The van der Waals surface area contributed by atoms with E-state index in [9.17, 15) is 19.2 Å². The third-order valence-corrected chi connectivity index (χ3v) is 9.81. The third-order valence-electron chi connectivity index (χ3n) is 9.81. The average molecular weight is 610 g/mol. The molecule has 44 heavy (non-hydrogen) atoms. The lowest BCUT2D eigenvalue weighted by Gasteiger charge is -2.43. The van der Waals surface area contributed by atoms with Gasteiger partial charge in [-0.15, -0.1) is 0 Å². The molecule has 4 saturated heterocycles. The lowest BCUT2D eigenvalue weighted by Crippen LogP contribution is -2.52. The van der Waals surface area contributed by atoms with Crippen LogP contribution in [0.3, 0.4) is 0 Å². The van der Waals surface area contributed by atoms with E-state index >= 15 is 0 Å². The van der Waals surface area contributed by atoms with E-state index in [-0.39, 0.29) is 36.3 Å². The zero-order valence-electron chi connectivity index (χ0n) is 26.4. The van der Waals surface area contributed by atoms with Crippen molar-refractivity contribution in [3.63, 3.8) is 0 Å². The summed E-state index contributed by atoms with van der Waals surface area (Å²) in [6, 6.07) is 6.03. The average Bonchev–Trinajstić information content (AvgIpc) is 3.32. The van der Waals surface area contributed by atoms with Gasteiger partial charge in [-0.05, 0) is 89.5 Å². The highest BCUT2D eigenvalue weighted by Crippen LogP contribution is 2.32. The van der Waals surface area contributed by atoms with Crippen LogP contribution in [0.4, 0.5) is 10.5 Å². The number of hydrogen-bond acceptors (Lipinski definition) is 8. The van der Waals surface area contributed by atoms with Crippen LogP contribution in [0.1, 0.15) is 88.1 Å². The summed E-state index contributed by atoms with van der Waals surface area (Å²) in [5, 5.41) is 2.37. The first-order valence-electron chi connectivity index (χ1n) is 16.4. The molecule has 1 unspecified atom stereocenters. The van der Waals surface area contributed by atoms with Gasteiger partial charge in [0.15, 0.2) is 0 Å². The van der Waals surface area contributed by atoms with Crippen molar-refractivity contribution in [3.8, 4) is 0 Å². The predicted molar refractivity (Wildman–Crippen MR) is 164 cm³/mol. The second kappa shape index (κ2) is 12.7. The molecule has 0 spiro atoms. The van der Waals surface area contributed by atoms with E-state index < -0.39 is 11.6 Å². The quantitative estimate of drug-likeness (QED) is 0.507. The van der Waals surface area contributed by atoms with Gasteiger partial charge in [0.1, 0.15) is 11.6 Å². The van der Waals surface area contributed by atoms with Gasteiger partial charge in [-0.2, -0.15) is 0 Å². The van der Waals surface area contributed by atoms with Gasteiger partial charge in [-0.3, -0.25) is 19.7 Å². The van der Waals surface area contributed by atoms with Gasteiger partial charge >= 0.3 is 6.09 Å². The molecular weight excluding hydrogens is 562 g/mol. The fourth-order valence-electron chi connectivity index (χ4n) is 7.40. The Morgan fingerprint density at radius 1 is 0.864 bits per heavy atom. The molecule has 4 amide bonds. The first-order valence-corrected chi connectivity index (χ1v) is 16.4. The third kappa shape index (κ3) is 6.88. The standard InChI is InChI=1S/C33H47N5O6/c1-33(2,3)44-32(42)37-18-12-26(13-19-37)43-25-10-16-35(17-11-25)23-8-14-36(15-9-23)24-4-5-27-22(20-24)21-38(31(27)41)28-6-7-29(39)34-30(28)40/h4-5,20,23,25-26,28H,6-19,21H2,1-3H3,(H,34,39,40). The van der Waals surface area contributed by atoms with E-state index in [2.05, 4.69) is 21.2 Å². The molecule has 0 saturated carbocycles. The lowest BCUT2D eigenvalue weighted by atomic mass is 9.97. The normalized spacial score (nSPS) is 24.9. The molecular formula is C33H47N5O6. The number of rotatable bonds is 5. The van der Waals surface area contributed by atoms with Crippen LogP contribution < -0.4 is 10.2 Å². The van der Waals surface area contributed by atoms with Crippen LogP contribution in [-0.2, 0) is 25.6 Å². The summed E-state index contributed by atoms with van der Waals surface area (Å²) in [6.07, 6.45) is 6.96. The zero-order valence-corrected chi connectivity index (χ0v) is 26.4. The summed E-state index contributed by atoms with van der Waals surface area (Å²) in [5.41, 5.74) is 2.27. The molecule has 1 aromatic rings. The van der Waals surface area contributed by atoms with Crippen molar-refractivity contribution < 1.29 is 28.7 Å². The van der Waals surface area contributed by atoms with E-state index in [1.165, 1.54) is 0 Å². The number of ether oxygens (including phenoxy) is 2. The number of fused-ring (bicyclic) bond motifs is 1. The monoisotopic (exact) mass is 609 g/mol. The summed E-state index contributed by atoms with van der Waals surface area (Å²) < 4.78 is 12.0. The van der Waals surface area contributed by atoms with Crippen LogP contribution in [0.25, 0.3) is 0 Å². The molecule has 11 heteroatoms. The SMILES string of the molecule is CC(C)(C)OC(=O)N1CCC(OC2CCN(C3CCN(c4ccc5c(c4)CN(C4CCC(=O)NC4=O)C5=O)CC3)CC2)CC1. The van der Waals surface area contributed by atoms with Crippen molar-refractivity contribution in [1.82, 2.24) is 20.0 Å². The highest BCUT2D eigenvalue weighted by molar-refractivity contribution is 6.05. The molecule has 1 aromatic carbocycles. The van der Waals surface area contributed by atoms with Gasteiger partial charge in [0.2, 0.25) is 11.8 Å². The minimum Gasteiger partial charge on any atom is -0.444 e. The Hall–Kier alpha value is -3.18. The number of hydrogen-bond donors (Lipinski definition) is 1. The highest BCUT2D eigenvalue weighted by atomic mass is 16.6. The van der Waals surface area contributed by atoms with Gasteiger partial charge < -0.3 is 29.1 Å². The number of anilines is 1. The van der Waals surface area contributed by atoms with Gasteiger partial charge in [0, 0.05) is 69.5 Å². The number of carbonyl (C=O) groups is 4. The maximum absolute atomic E-state index is 13.1. The molecule has 6 rings (SSSR count). The smallest absolute Gasteiger partial charge is 0.410 e. The minimum atomic E-state index is -0.585. The molecule has 1 N–H and O–H groups in total. The van der Waals surface area contributed by atoms with E-state index in [0.29, 0.717) is 43.8 Å². The number of likely N-dealkylation sites (tertiary alicyclic amines) is 2. The number of amides is 4. The minimum absolute atomic E-state index is 0.126. The van der Waals surface area contributed by atoms with Crippen molar-refractivity contribution >= 4 is 29.5 Å². The largest absolute Gasteiger partial charge is 0.444 e. The van der Waals surface area contributed by atoms with Crippen LogP contribution in [0.5, 0.6) is 0 Å². The van der Waals surface area contributed by atoms with Gasteiger partial charge in [-0.1, -0.05) is 0 Å². The molecule has 5 aliphatic rings. The van der Waals surface area contributed by atoms with Crippen LogP contribution in [-0.4, -0.2) is 108 Å². The van der Waals surface area contributed by atoms with Crippen molar-refractivity contribution in [2.24, 2.45) is 0 Å². The molecule has 0 aliphatic carbocycles. The maximum Gasteiger partial charge on any atom is 0.410 e. The van der Waals surface area contributed by atoms with Crippen molar-refractivity contribution in [2.45, 2.75) is 109 Å². The molecule has 4 fully saturated rings. The predicted octanol–water partition coefficient (Wildman–Crippen LogP) is 3.30. The van der Waals surface area contributed by atoms with Crippen LogP contribution >= 0.6 is 0 Å². The number of nitrogens with zero attached hydrogens (tertiary/aromatic N) is 4. The summed E-state index contributed by atoms with van der Waals surface area (Å²) in [7, 11) is 0. The summed E-state index contributed by atoms with van der Waals surface area (Å²) in [5.74, 6) is -0.771. The Balaban J connectivity index is 0.930. The molecule has 5 heterocycles. The Labute approximate surface area is 260 Å². The van der Waals surface area contributed by atoms with Gasteiger partial charge in [-0.25, -0.2) is 4.79 Å². The molecule has 0 radical (unpaired) electrons. The Bertz CT molecular complexity index is 1260. The van der Waals surface area contributed by atoms with Crippen LogP contribution in [0, 0.1) is 0 Å². The number of piperidine rings is 4. The van der Waals surface area contributed by atoms with E-state index in [0.717, 1.165) is 76.0 Å². The van der Waals surface area contributed by atoms with Crippen molar-refractivity contribution in [2.75, 3.05) is 44.2 Å². The number of imide groups is 1. The zero-order chi connectivity index (χ0) is 31.0. The number of nitrogens with one attached hydrogen (secondary N) is 1. The first-order chi connectivity index (χ1) is 21.0. The molecule has 11 nitrogen and oxygen atoms in total. The highest BCUT2D eigenvalue weighted by Gasteiger charge is 2.39. The van der Waals surface area contributed by atoms with Crippen molar-refractivity contribution in [1.29, 1.82) is 0 Å². The molecule has 5 aliphatic heterocycles. The fourth-order valence-corrected chi connectivity index (χ4v) is 7.40. The Kier molecular flexibility index (Phi) is 8.88.